The van der Waals surface area contributed by atoms with Crippen molar-refractivity contribution in [3.63, 3.8) is 0 Å². The lowest BCUT2D eigenvalue weighted by atomic mass is 10.1. The number of nitrogens with zero attached hydrogens (tertiary/aromatic N) is 1. The minimum atomic E-state index is -1.03. The zero-order valence-corrected chi connectivity index (χ0v) is 31.2. The number of allylic oxidation sites excluding steroid dienone is 5. The maximum absolute atomic E-state index is 12.6. The van der Waals surface area contributed by atoms with Crippen molar-refractivity contribution in [2.24, 2.45) is 34.5 Å². The number of benzene rings is 2. The Kier molecular flexibility index (Phi) is 12.2. The molecule has 0 aromatic heterocycles. The third-order valence-corrected chi connectivity index (χ3v) is 10.2. The van der Waals surface area contributed by atoms with Gasteiger partial charge in [-0.05, 0) is 85.8 Å². The first kappa shape index (κ1) is 38.7. The molecule has 2 saturated carbocycles. The van der Waals surface area contributed by atoms with Gasteiger partial charge in [-0.3, -0.25) is 14.4 Å². The first-order valence-corrected chi connectivity index (χ1v) is 17.4. The second-order valence-corrected chi connectivity index (χ2v) is 15.5. The number of carbonyl (C=O) groups is 3. The molecule has 2 fully saturated rings. The highest BCUT2D eigenvalue weighted by molar-refractivity contribution is 6.55. The first-order chi connectivity index (χ1) is 23.5. The summed E-state index contributed by atoms with van der Waals surface area (Å²) in [5, 5.41) is 9.53. The number of ether oxygens (including phenoxy) is 3. The Balaban J connectivity index is 0.000000232. The molecule has 0 radical (unpaired) electrons. The van der Waals surface area contributed by atoms with Crippen molar-refractivity contribution in [1.29, 1.82) is 5.26 Å². The largest absolute Gasteiger partial charge is 0.457 e. The molecule has 0 heterocycles. The summed E-state index contributed by atoms with van der Waals surface area (Å²) >= 11 is 11.5. The number of hydrogen-bond donors (Lipinski definition) is 0. The Bertz CT molecular complexity index is 1760. The molecular formula is C41H45Cl2NO6. The summed E-state index contributed by atoms with van der Waals surface area (Å²) in [5.74, 6) is 0.320. The molecule has 264 valence electrons. The van der Waals surface area contributed by atoms with E-state index in [0.29, 0.717) is 23.5 Å². The van der Waals surface area contributed by atoms with Crippen molar-refractivity contribution < 1.29 is 28.6 Å². The Morgan fingerprint density at radius 3 is 2.14 bits per heavy atom. The van der Waals surface area contributed by atoms with Crippen LogP contribution in [0.3, 0.4) is 0 Å². The molecule has 2 aromatic carbocycles. The lowest BCUT2D eigenvalue weighted by molar-refractivity contribution is -0.151. The molecule has 0 saturated heterocycles. The van der Waals surface area contributed by atoms with E-state index < -0.39 is 18.2 Å². The van der Waals surface area contributed by atoms with E-state index in [9.17, 15) is 19.6 Å². The summed E-state index contributed by atoms with van der Waals surface area (Å²) in [6, 6.07) is 18.3. The molecule has 7 nitrogen and oxygen atoms in total. The fourth-order valence-corrected chi connectivity index (χ4v) is 6.99. The topological polar surface area (TPSA) is 103 Å². The van der Waals surface area contributed by atoms with E-state index in [1.807, 2.05) is 71.0 Å². The van der Waals surface area contributed by atoms with Gasteiger partial charge >= 0.3 is 11.9 Å². The first-order valence-electron chi connectivity index (χ1n) is 16.7. The summed E-state index contributed by atoms with van der Waals surface area (Å²) in [7, 11) is 0. The van der Waals surface area contributed by atoms with Crippen LogP contribution in [-0.2, 0) is 23.9 Å². The van der Waals surface area contributed by atoms with Gasteiger partial charge < -0.3 is 14.2 Å². The maximum atomic E-state index is 12.6. The number of esters is 2. The number of nitriles is 1. The van der Waals surface area contributed by atoms with E-state index in [1.54, 1.807) is 36.4 Å². The zero-order chi connectivity index (χ0) is 37.0. The standard InChI is InChI=1S/C22H19Cl2NO3.C19H26O3/c1-22(2)17(12-19(23)24)20(22)21(26)28-18(13-25)14-7-6-10-16(11-14)27-15-8-4-3-5-9-15;1-7-8-13-12(4)16(10-15(13)20)22-18(21)17-14(9-11(2)3)19(17,5)6/h3-12,17-18,20H,1-2H3;7,9,14,16-17H,1,8,10H2,2-6H3. The molecule has 50 heavy (non-hydrogen) atoms. The van der Waals surface area contributed by atoms with Crippen LogP contribution in [0, 0.1) is 45.8 Å². The highest BCUT2D eigenvalue weighted by atomic mass is 35.5. The lowest BCUT2D eigenvalue weighted by Crippen LogP contribution is -2.20. The van der Waals surface area contributed by atoms with Gasteiger partial charge in [-0.1, -0.05) is 99.0 Å². The van der Waals surface area contributed by atoms with Gasteiger partial charge in [0.1, 0.15) is 28.2 Å². The molecule has 3 aliphatic rings. The Labute approximate surface area is 305 Å². The second-order valence-electron chi connectivity index (χ2n) is 14.5. The van der Waals surface area contributed by atoms with Gasteiger partial charge in [0.2, 0.25) is 6.10 Å². The minimum absolute atomic E-state index is 0.0570. The van der Waals surface area contributed by atoms with E-state index in [1.165, 1.54) is 5.57 Å². The molecule has 3 aliphatic carbocycles. The number of ketones is 1. The van der Waals surface area contributed by atoms with Crippen molar-refractivity contribution in [3.8, 4) is 17.6 Å². The van der Waals surface area contributed by atoms with Crippen LogP contribution in [0.2, 0.25) is 0 Å². The molecule has 6 atom stereocenters. The highest BCUT2D eigenvalue weighted by Crippen LogP contribution is 2.61. The molecule has 0 bridgehead atoms. The van der Waals surface area contributed by atoms with Crippen molar-refractivity contribution >= 4 is 40.9 Å². The van der Waals surface area contributed by atoms with Crippen LogP contribution < -0.4 is 4.74 Å². The zero-order valence-electron chi connectivity index (χ0n) is 29.7. The summed E-state index contributed by atoms with van der Waals surface area (Å²) in [5.41, 5.74) is 3.03. The lowest BCUT2D eigenvalue weighted by Gasteiger charge is -2.13. The number of para-hydroxylation sites is 1. The molecule has 0 spiro atoms. The fourth-order valence-electron chi connectivity index (χ4n) is 6.72. The van der Waals surface area contributed by atoms with Gasteiger partial charge in [-0.15, -0.1) is 6.58 Å². The summed E-state index contributed by atoms with van der Waals surface area (Å²) in [6.45, 7) is 17.7. The molecule has 5 rings (SSSR count). The molecule has 0 aliphatic heterocycles. The number of halogens is 2. The maximum Gasteiger partial charge on any atom is 0.311 e. The molecule has 6 unspecified atom stereocenters. The molecule has 9 heteroatoms. The van der Waals surface area contributed by atoms with Crippen LogP contribution in [0.25, 0.3) is 0 Å². The van der Waals surface area contributed by atoms with Crippen LogP contribution in [0.5, 0.6) is 11.5 Å². The third-order valence-electron chi connectivity index (χ3n) is 9.91. The van der Waals surface area contributed by atoms with Crippen molar-refractivity contribution in [2.45, 2.75) is 73.5 Å². The number of carbonyl (C=O) groups excluding carboxylic acids is 3. The smallest absolute Gasteiger partial charge is 0.311 e. The highest BCUT2D eigenvalue weighted by Gasteiger charge is 2.62. The number of Topliss-reactive ketones (excluding diaryl/α,β-unsaturated/α-hetero) is 1. The monoisotopic (exact) mass is 717 g/mol. The van der Waals surface area contributed by atoms with E-state index >= 15 is 0 Å². The molecular weight excluding hydrogens is 673 g/mol. The van der Waals surface area contributed by atoms with E-state index in [4.69, 9.17) is 37.4 Å². The molecule has 0 N–H and O–H groups in total. The molecule has 0 amide bonds. The van der Waals surface area contributed by atoms with Gasteiger partial charge in [-0.25, -0.2) is 0 Å². The normalized spacial score (nSPS) is 24.3. The van der Waals surface area contributed by atoms with E-state index in [2.05, 4.69) is 26.5 Å². The average molecular weight is 719 g/mol. The van der Waals surface area contributed by atoms with Crippen LogP contribution in [-0.4, -0.2) is 23.8 Å². The van der Waals surface area contributed by atoms with Gasteiger partial charge in [-0.2, -0.15) is 5.26 Å². The summed E-state index contributed by atoms with van der Waals surface area (Å²) in [4.78, 5) is 37.1. The summed E-state index contributed by atoms with van der Waals surface area (Å²) < 4.78 is 17.1. The second kappa shape index (κ2) is 15.8. The number of rotatable bonds is 11. The predicted octanol–water partition coefficient (Wildman–Crippen LogP) is 10.2. The Hall–Kier alpha value is -4.12. The van der Waals surface area contributed by atoms with Gasteiger partial charge in [0.15, 0.2) is 5.78 Å². The van der Waals surface area contributed by atoms with Crippen molar-refractivity contribution in [3.05, 3.63) is 106 Å². The van der Waals surface area contributed by atoms with Crippen LogP contribution in [0.1, 0.15) is 73.0 Å². The van der Waals surface area contributed by atoms with Crippen LogP contribution in [0.4, 0.5) is 0 Å². The van der Waals surface area contributed by atoms with Crippen molar-refractivity contribution in [1.82, 2.24) is 0 Å². The fraction of sp³-hybridized carbons (Fsp3) is 0.415. The SMILES string of the molecule is C=CCC1=C(C)C(OC(=O)C2C(C=C(C)C)C2(C)C)CC1=O.CC1(C)C(C=C(Cl)Cl)C1C(=O)OC(C#N)c1cccc(Oc2ccccc2)c1. The number of hydrogen-bond acceptors (Lipinski definition) is 7. The van der Waals surface area contributed by atoms with E-state index in [0.717, 1.165) is 11.1 Å². The molecule has 2 aromatic rings. The summed E-state index contributed by atoms with van der Waals surface area (Å²) in [6.07, 6.45) is 4.92. The Morgan fingerprint density at radius 2 is 1.56 bits per heavy atom. The van der Waals surface area contributed by atoms with Crippen molar-refractivity contribution in [2.75, 3.05) is 0 Å². The third kappa shape index (κ3) is 8.96. The van der Waals surface area contributed by atoms with Crippen LogP contribution in [0.15, 0.2) is 101 Å². The van der Waals surface area contributed by atoms with Gasteiger partial charge in [0.25, 0.3) is 0 Å². The van der Waals surface area contributed by atoms with Gasteiger partial charge in [0, 0.05) is 11.1 Å². The Morgan fingerprint density at radius 1 is 0.960 bits per heavy atom. The minimum Gasteiger partial charge on any atom is -0.457 e. The average Bonchev–Trinajstić information content (AvgIpc) is 3.76. The van der Waals surface area contributed by atoms with Gasteiger partial charge in [0.05, 0.1) is 18.3 Å². The predicted molar refractivity (Wildman–Crippen MR) is 195 cm³/mol. The van der Waals surface area contributed by atoms with Crippen LogP contribution >= 0.6 is 23.2 Å². The van der Waals surface area contributed by atoms with E-state index in [-0.39, 0.29) is 57.2 Å². The quantitative estimate of drug-likeness (QED) is 0.168.